The van der Waals surface area contributed by atoms with Crippen molar-refractivity contribution in [3.8, 4) is 20.9 Å². The Morgan fingerprint density at radius 3 is 1.42 bits per heavy atom. The minimum Gasteiger partial charge on any atom is -0.141 e. The van der Waals surface area contributed by atoms with E-state index in [0.29, 0.717) is 5.92 Å². The normalized spacial score (nSPS) is 16.1. The summed E-state index contributed by atoms with van der Waals surface area (Å²) < 4.78 is 0. The number of hydrogen-bond donors (Lipinski definition) is 0. The number of hydrogen-bond acceptors (Lipinski definition) is 2. The van der Waals surface area contributed by atoms with E-state index in [9.17, 15) is 0 Å². The Bertz CT molecular complexity index is 1260. The molecule has 4 heteroatoms. The summed E-state index contributed by atoms with van der Waals surface area (Å²) in [6.45, 7) is 16.8. The zero-order valence-corrected chi connectivity index (χ0v) is 28.8. The molecule has 0 atom stereocenters. The molecule has 0 spiro atoms. The summed E-state index contributed by atoms with van der Waals surface area (Å²) >= 11 is 4.28. The smallest absolute Gasteiger partial charge is 0.120 e. The summed E-state index contributed by atoms with van der Waals surface area (Å²) in [5, 5.41) is 7.33. The Hall–Kier alpha value is -0.946. The highest BCUT2D eigenvalue weighted by molar-refractivity contribution is 7.23. The van der Waals surface area contributed by atoms with Gasteiger partial charge in [0.1, 0.15) is 16.1 Å². The van der Waals surface area contributed by atoms with E-state index in [1.165, 1.54) is 80.4 Å². The highest BCUT2D eigenvalue weighted by Gasteiger charge is 2.50. The average molecular weight is 579 g/mol. The van der Waals surface area contributed by atoms with Gasteiger partial charge in [-0.1, -0.05) is 105 Å². The van der Waals surface area contributed by atoms with Gasteiger partial charge in [0.05, 0.1) is 0 Å². The van der Waals surface area contributed by atoms with Crippen molar-refractivity contribution < 1.29 is 0 Å². The second kappa shape index (κ2) is 11.5. The average Bonchev–Trinajstić information content (AvgIpc) is 3.63. The van der Waals surface area contributed by atoms with Crippen molar-refractivity contribution in [2.75, 3.05) is 0 Å². The van der Waals surface area contributed by atoms with E-state index in [1.54, 1.807) is 25.8 Å². The third kappa shape index (κ3) is 4.50. The van der Waals surface area contributed by atoms with Gasteiger partial charge in [-0.3, -0.25) is 0 Å². The minimum atomic E-state index is -1.76. The van der Waals surface area contributed by atoms with Crippen molar-refractivity contribution in [3.05, 3.63) is 34.0 Å². The molecule has 2 aromatic heterocycles. The Labute approximate surface area is 243 Å². The molecule has 0 fully saturated rings. The van der Waals surface area contributed by atoms with Gasteiger partial charge in [-0.25, -0.2) is 0 Å². The van der Waals surface area contributed by atoms with Crippen molar-refractivity contribution in [3.63, 3.8) is 0 Å². The van der Waals surface area contributed by atoms with Gasteiger partial charge < -0.3 is 0 Å². The zero-order chi connectivity index (χ0) is 27.1. The fraction of sp³-hybridized carbons (Fsp3) is 0.588. The highest BCUT2D eigenvalue weighted by atomic mass is 32.1. The Morgan fingerprint density at radius 2 is 1.00 bits per heavy atom. The zero-order valence-electron chi connectivity index (χ0n) is 25.2. The molecule has 4 heterocycles. The van der Waals surface area contributed by atoms with Gasteiger partial charge in [-0.05, 0) is 81.0 Å². The molecule has 2 aliphatic heterocycles. The number of thiophene rings is 2. The maximum absolute atomic E-state index is 2.84. The van der Waals surface area contributed by atoms with Crippen LogP contribution >= 0.6 is 22.7 Å². The highest BCUT2D eigenvalue weighted by Crippen LogP contribution is 2.45. The second-order valence-corrected chi connectivity index (χ2v) is 23.5. The SMILES string of the molecule is CCCC[Si]1(CCCC)c2cc3c(cc2-c2sc(C)cc21)[Si](CCCC)(CCCC)c1cc(C(C)C)sc1-3. The molecule has 1 aromatic carbocycles. The maximum Gasteiger partial charge on any atom is 0.120 e. The van der Waals surface area contributed by atoms with E-state index in [4.69, 9.17) is 0 Å². The molecular weight excluding hydrogens is 529 g/mol. The molecular formula is C34H50S2Si2. The van der Waals surface area contributed by atoms with Crippen molar-refractivity contribution >= 4 is 59.6 Å². The number of unbranched alkanes of at least 4 members (excludes halogenated alkanes) is 4. The van der Waals surface area contributed by atoms with E-state index < -0.39 is 16.1 Å². The summed E-state index contributed by atoms with van der Waals surface area (Å²) in [6, 6.07) is 16.8. The predicted octanol–water partition coefficient (Wildman–Crippen LogP) is 9.53. The molecule has 0 unspecified atom stereocenters. The largest absolute Gasteiger partial charge is 0.141 e. The van der Waals surface area contributed by atoms with Gasteiger partial charge in [0.15, 0.2) is 0 Å². The summed E-state index contributed by atoms with van der Waals surface area (Å²) in [5.41, 5.74) is 3.39. The monoisotopic (exact) mass is 578 g/mol. The lowest BCUT2D eigenvalue weighted by atomic mass is 10.1. The van der Waals surface area contributed by atoms with Crippen molar-refractivity contribution in [2.24, 2.45) is 0 Å². The van der Waals surface area contributed by atoms with Crippen LogP contribution in [0.5, 0.6) is 0 Å². The molecule has 38 heavy (non-hydrogen) atoms. The third-order valence-electron chi connectivity index (χ3n) is 9.71. The van der Waals surface area contributed by atoms with Crippen molar-refractivity contribution in [1.82, 2.24) is 0 Å². The van der Waals surface area contributed by atoms with Crippen LogP contribution in [0.15, 0.2) is 24.3 Å². The van der Waals surface area contributed by atoms with Gasteiger partial charge in [0.2, 0.25) is 0 Å². The molecule has 0 saturated heterocycles. The molecule has 3 aromatic rings. The minimum absolute atomic E-state index is 0.630. The topological polar surface area (TPSA) is 0 Å². The molecule has 2 aliphatic rings. The lowest BCUT2D eigenvalue weighted by Crippen LogP contribution is -2.56. The summed E-state index contributed by atoms with van der Waals surface area (Å²) in [4.78, 5) is 6.55. The lowest BCUT2D eigenvalue weighted by molar-refractivity contribution is 0.838. The quantitative estimate of drug-likeness (QED) is 0.177. The van der Waals surface area contributed by atoms with Gasteiger partial charge >= 0.3 is 0 Å². The standard InChI is InChI=1S/C34H50S2Si2/c1-8-12-16-37(17-13-9-2)29-22-27-30(21-26(29)33-31(37)20-25(7)35-33)38(18-14-10-3,19-15-11-4)32-23-28(24(5)6)36-34(27)32/h20-24H,8-19H2,1-7H3. The molecule has 0 saturated carbocycles. The van der Waals surface area contributed by atoms with E-state index in [1.807, 2.05) is 20.7 Å². The molecule has 0 amide bonds. The van der Waals surface area contributed by atoms with Gasteiger partial charge in [-0.2, -0.15) is 0 Å². The first kappa shape index (κ1) is 28.6. The fourth-order valence-electron chi connectivity index (χ4n) is 7.62. The Morgan fingerprint density at radius 1 is 0.579 bits per heavy atom. The molecule has 0 radical (unpaired) electrons. The van der Waals surface area contributed by atoms with Crippen LogP contribution in [0, 0.1) is 6.92 Å². The first-order valence-electron chi connectivity index (χ1n) is 15.8. The van der Waals surface area contributed by atoms with Crippen molar-refractivity contribution in [2.45, 2.75) is 130 Å². The number of aryl methyl sites for hydroxylation is 1. The fourth-order valence-corrected chi connectivity index (χ4v) is 22.9. The van der Waals surface area contributed by atoms with E-state index >= 15 is 0 Å². The summed E-state index contributed by atoms with van der Waals surface area (Å²) in [5.74, 6) is 0.630. The lowest BCUT2D eigenvalue weighted by Gasteiger charge is -2.32. The van der Waals surface area contributed by atoms with E-state index in [0.717, 1.165) is 0 Å². The number of rotatable bonds is 13. The van der Waals surface area contributed by atoms with Crippen LogP contribution in [0.25, 0.3) is 20.9 Å². The van der Waals surface area contributed by atoms with Gasteiger partial charge in [0, 0.05) is 19.5 Å². The van der Waals surface area contributed by atoms with E-state index in [-0.39, 0.29) is 0 Å². The van der Waals surface area contributed by atoms with Crippen LogP contribution in [0.2, 0.25) is 24.2 Å². The Kier molecular flexibility index (Phi) is 8.65. The van der Waals surface area contributed by atoms with Gasteiger partial charge in [0.25, 0.3) is 0 Å². The van der Waals surface area contributed by atoms with Crippen molar-refractivity contribution in [1.29, 1.82) is 0 Å². The number of fused-ring (bicyclic) bond motifs is 6. The van der Waals surface area contributed by atoms with Crippen LogP contribution in [0.3, 0.4) is 0 Å². The molecule has 0 nitrogen and oxygen atoms in total. The van der Waals surface area contributed by atoms with Crippen LogP contribution < -0.4 is 20.7 Å². The molecule has 206 valence electrons. The molecule has 0 aliphatic carbocycles. The van der Waals surface area contributed by atoms with Gasteiger partial charge in [-0.15, -0.1) is 22.7 Å². The summed E-state index contributed by atoms with van der Waals surface area (Å²) in [6.07, 6.45) is 10.8. The molecule has 0 N–H and O–H groups in total. The molecule has 5 rings (SSSR count). The van der Waals surface area contributed by atoms with E-state index in [2.05, 4.69) is 95.4 Å². The summed E-state index contributed by atoms with van der Waals surface area (Å²) in [7, 11) is -3.50. The molecule has 0 bridgehead atoms. The van der Waals surface area contributed by atoms with Crippen LogP contribution in [0.1, 0.15) is 109 Å². The third-order valence-corrected chi connectivity index (χ3v) is 23.2. The Balaban J connectivity index is 1.79. The van der Waals surface area contributed by atoms with Crippen LogP contribution in [0.4, 0.5) is 0 Å². The predicted molar refractivity (Wildman–Crippen MR) is 181 cm³/mol. The van der Waals surface area contributed by atoms with Crippen LogP contribution in [-0.4, -0.2) is 16.1 Å². The second-order valence-electron chi connectivity index (χ2n) is 12.7. The van der Waals surface area contributed by atoms with Crippen LogP contribution in [-0.2, 0) is 0 Å². The number of benzene rings is 1. The first-order chi connectivity index (χ1) is 18.4. The maximum atomic E-state index is 2.84. The first-order valence-corrected chi connectivity index (χ1v) is 22.3.